The van der Waals surface area contributed by atoms with E-state index in [1.165, 1.54) is 18.2 Å². The highest BCUT2D eigenvalue weighted by Gasteiger charge is 2.22. The van der Waals surface area contributed by atoms with Gasteiger partial charge < -0.3 is 10.0 Å². The van der Waals surface area contributed by atoms with Crippen molar-refractivity contribution in [3.63, 3.8) is 0 Å². The number of aliphatic hydroxyl groups excluding tert-OH is 1. The lowest BCUT2D eigenvalue weighted by Crippen LogP contribution is -2.40. The highest BCUT2D eigenvalue weighted by Crippen LogP contribution is 2.17. The first-order chi connectivity index (χ1) is 8.56. The Morgan fingerprint density at radius 1 is 1.44 bits per heavy atom. The summed E-state index contributed by atoms with van der Waals surface area (Å²) < 4.78 is 13.5. The second-order valence-corrected chi connectivity index (χ2v) is 4.96. The van der Waals surface area contributed by atoms with E-state index < -0.39 is 5.82 Å². The quantitative estimate of drug-likeness (QED) is 0.894. The van der Waals surface area contributed by atoms with Crippen LogP contribution in [0.2, 0.25) is 5.02 Å². The van der Waals surface area contributed by atoms with E-state index in [1.807, 2.05) is 0 Å². The predicted octanol–water partition coefficient (Wildman–Crippen LogP) is 2.00. The van der Waals surface area contributed by atoms with Crippen LogP contribution in [0, 0.1) is 5.82 Å². The van der Waals surface area contributed by atoms with Crippen molar-refractivity contribution in [2.75, 3.05) is 13.1 Å². The molecule has 1 aliphatic heterocycles. The van der Waals surface area contributed by atoms with Crippen LogP contribution >= 0.6 is 11.6 Å². The van der Waals surface area contributed by atoms with Gasteiger partial charge in [0.25, 0.3) is 0 Å². The number of aliphatic hydroxyl groups is 1. The van der Waals surface area contributed by atoms with Crippen LogP contribution in [0.25, 0.3) is 0 Å². The Bertz CT molecular complexity index is 445. The molecule has 3 nitrogen and oxygen atoms in total. The first-order valence-corrected chi connectivity index (χ1v) is 6.34. The van der Waals surface area contributed by atoms with E-state index in [-0.39, 0.29) is 18.4 Å². The van der Waals surface area contributed by atoms with Crippen LogP contribution in [0.5, 0.6) is 0 Å². The lowest BCUT2D eigenvalue weighted by Gasteiger charge is -2.29. The number of amides is 1. The third-order valence-corrected chi connectivity index (χ3v) is 3.40. The molecule has 0 bridgehead atoms. The Labute approximate surface area is 110 Å². The molecule has 0 unspecified atom stereocenters. The van der Waals surface area contributed by atoms with Gasteiger partial charge in [0.15, 0.2) is 0 Å². The first-order valence-electron chi connectivity index (χ1n) is 5.96. The summed E-state index contributed by atoms with van der Waals surface area (Å²) in [5, 5.41) is 9.79. The third kappa shape index (κ3) is 3.21. The van der Waals surface area contributed by atoms with Gasteiger partial charge in [-0.2, -0.15) is 0 Å². The Morgan fingerprint density at radius 3 is 2.78 bits per heavy atom. The molecule has 0 saturated carbocycles. The molecule has 5 heteroatoms. The zero-order valence-electron chi connectivity index (χ0n) is 9.90. The summed E-state index contributed by atoms with van der Waals surface area (Å²) >= 11 is 5.78. The van der Waals surface area contributed by atoms with Crippen LogP contribution in [0.4, 0.5) is 4.39 Å². The zero-order valence-corrected chi connectivity index (χ0v) is 10.7. The number of halogens is 2. The minimum Gasteiger partial charge on any atom is -0.393 e. The summed E-state index contributed by atoms with van der Waals surface area (Å²) in [4.78, 5) is 13.6. The SMILES string of the molecule is O=C(Cc1cc(Cl)ccc1F)N1CCC(O)CC1. The second kappa shape index (κ2) is 5.67. The standard InChI is InChI=1S/C13H15ClFNO2/c14-10-1-2-12(15)9(7-10)8-13(18)16-5-3-11(17)4-6-16/h1-2,7,11,17H,3-6,8H2. The summed E-state index contributed by atoms with van der Waals surface area (Å²) in [7, 11) is 0. The summed E-state index contributed by atoms with van der Waals surface area (Å²) in [6.45, 7) is 1.06. The molecule has 1 amide bonds. The Hall–Kier alpha value is -1.13. The molecule has 0 radical (unpaired) electrons. The Morgan fingerprint density at radius 2 is 2.11 bits per heavy atom. The van der Waals surface area contributed by atoms with Crippen molar-refractivity contribution in [3.8, 4) is 0 Å². The van der Waals surface area contributed by atoms with E-state index in [1.54, 1.807) is 4.90 Å². The fraction of sp³-hybridized carbons (Fsp3) is 0.462. The molecule has 1 aromatic rings. The van der Waals surface area contributed by atoms with E-state index >= 15 is 0 Å². The molecule has 1 fully saturated rings. The number of hydrogen-bond acceptors (Lipinski definition) is 2. The number of hydrogen-bond donors (Lipinski definition) is 1. The highest BCUT2D eigenvalue weighted by atomic mass is 35.5. The van der Waals surface area contributed by atoms with E-state index in [0.29, 0.717) is 36.5 Å². The van der Waals surface area contributed by atoms with Gasteiger partial charge in [-0.1, -0.05) is 11.6 Å². The van der Waals surface area contributed by atoms with Crippen molar-refractivity contribution in [1.82, 2.24) is 4.90 Å². The number of benzene rings is 1. The van der Waals surface area contributed by atoms with Gasteiger partial charge in [-0.3, -0.25) is 4.79 Å². The van der Waals surface area contributed by atoms with Gasteiger partial charge in [-0.25, -0.2) is 4.39 Å². The molecule has 18 heavy (non-hydrogen) atoms. The van der Waals surface area contributed by atoms with Gasteiger partial charge in [0, 0.05) is 18.1 Å². The number of carbonyl (C=O) groups excluding carboxylic acids is 1. The van der Waals surface area contributed by atoms with Gasteiger partial charge >= 0.3 is 0 Å². The number of likely N-dealkylation sites (tertiary alicyclic amines) is 1. The molecule has 1 N–H and O–H groups in total. The molecule has 0 atom stereocenters. The maximum atomic E-state index is 13.5. The summed E-state index contributed by atoms with van der Waals surface area (Å²) in [5.74, 6) is -0.534. The van der Waals surface area contributed by atoms with Gasteiger partial charge in [-0.15, -0.1) is 0 Å². The molecular formula is C13H15ClFNO2. The second-order valence-electron chi connectivity index (χ2n) is 4.52. The minimum absolute atomic E-state index is 0.0164. The lowest BCUT2D eigenvalue weighted by molar-refractivity contribution is -0.132. The molecule has 2 rings (SSSR count). The molecule has 1 saturated heterocycles. The van der Waals surface area contributed by atoms with Gasteiger partial charge in [0.05, 0.1) is 12.5 Å². The number of rotatable bonds is 2. The van der Waals surface area contributed by atoms with Crippen LogP contribution in [-0.4, -0.2) is 35.1 Å². The molecule has 0 aromatic heterocycles. The van der Waals surface area contributed by atoms with Crippen molar-refractivity contribution < 1.29 is 14.3 Å². The Balaban J connectivity index is 2.00. The van der Waals surface area contributed by atoms with Crippen LogP contribution in [0.15, 0.2) is 18.2 Å². The maximum Gasteiger partial charge on any atom is 0.227 e. The molecule has 0 spiro atoms. The van der Waals surface area contributed by atoms with E-state index in [2.05, 4.69) is 0 Å². The first kappa shape index (κ1) is 13.3. The predicted molar refractivity (Wildman–Crippen MR) is 66.9 cm³/mol. The summed E-state index contributed by atoms with van der Waals surface area (Å²) in [5.41, 5.74) is 0.318. The lowest BCUT2D eigenvalue weighted by atomic mass is 10.1. The van der Waals surface area contributed by atoms with Crippen LogP contribution in [-0.2, 0) is 11.2 Å². The number of nitrogens with zero attached hydrogens (tertiary/aromatic N) is 1. The van der Waals surface area contributed by atoms with Crippen molar-refractivity contribution in [1.29, 1.82) is 0 Å². The van der Waals surface area contributed by atoms with Gasteiger partial charge in [-0.05, 0) is 36.6 Å². The molecule has 98 valence electrons. The Kier molecular flexibility index (Phi) is 4.19. The fourth-order valence-electron chi connectivity index (χ4n) is 2.07. The number of piperidine rings is 1. The largest absolute Gasteiger partial charge is 0.393 e. The topological polar surface area (TPSA) is 40.5 Å². The van der Waals surface area contributed by atoms with Crippen molar-refractivity contribution >= 4 is 17.5 Å². The molecule has 1 aromatic carbocycles. The summed E-state index contributed by atoms with van der Waals surface area (Å²) in [6.07, 6.45) is 0.868. The monoisotopic (exact) mass is 271 g/mol. The van der Waals surface area contributed by atoms with Crippen LogP contribution in [0.3, 0.4) is 0 Å². The van der Waals surface area contributed by atoms with Crippen molar-refractivity contribution in [2.45, 2.75) is 25.4 Å². The number of carbonyl (C=O) groups is 1. The van der Waals surface area contributed by atoms with E-state index in [4.69, 9.17) is 11.6 Å². The minimum atomic E-state index is -0.412. The van der Waals surface area contributed by atoms with Crippen LogP contribution in [0.1, 0.15) is 18.4 Å². The summed E-state index contributed by atoms with van der Waals surface area (Å²) in [6, 6.07) is 4.21. The van der Waals surface area contributed by atoms with E-state index in [0.717, 1.165) is 0 Å². The molecular weight excluding hydrogens is 257 g/mol. The highest BCUT2D eigenvalue weighted by molar-refractivity contribution is 6.30. The van der Waals surface area contributed by atoms with Gasteiger partial charge in [0.2, 0.25) is 5.91 Å². The van der Waals surface area contributed by atoms with Crippen molar-refractivity contribution in [3.05, 3.63) is 34.6 Å². The maximum absolute atomic E-state index is 13.5. The normalized spacial score (nSPS) is 16.9. The third-order valence-electron chi connectivity index (χ3n) is 3.17. The zero-order chi connectivity index (χ0) is 13.1. The van der Waals surface area contributed by atoms with Crippen molar-refractivity contribution in [2.24, 2.45) is 0 Å². The van der Waals surface area contributed by atoms with E-state index in [9.17, 15) is 14.3 Å². The van der Waals surface area contributed by atoms with Gasteiger partial charge in [0.1, 0.15) is 5.82 Å². The molecule has 1 aliphatic rings. The molecule has 1 heterocycles. The average Bonchev–Trinajstić information content (AvgIpc) is 2.34. The smallest absolute Gasteiger partial charge is 0.227 e. The molecule has 0 aliphatic carbocycles. The average molecular weight is 272 g/mol. The van der Waals surface area contributed by atoms with Crippen LogP contribution < -0.4 is 0 Å². The fourth-order valence-corrected chi connectivity index (χ4v) is 2.26.